The topological polar surface area (TPSA) is 107 Å². The molecule has 18 heavy (non-hydrogen) atoms. The number of rotatable bonds is 7. The first-order chi connectivity index (χ1) is 8.17. The summed E-state index contributed by atoms with van der Waals surface area (Å²) in [4.78, 5) is 0. The van der Waals surface area contributed by atoms with Crippen LogP contribution in [0.4, 0.5) is 0 Å². The minimum atomic E-state index is 0. The van der Waals surface area contributed by atoms with E-state index in [4.69, 9.17) is 26.2 Å². The summed E-state index contributed by atoms with van der Waals surface area (Å²) in [7, 11) is 0. The molecule has 0 aromatic carbocycles. The third kappa shape index (κ3) is 36.0. The first kappa shape index (κ1) is 27.0. The van der Waals surface area contributed by atoms with Crippen molar-refractivity contribution in [2.75, 3.05) is 33.0 Å². The largest absolute Gasteiger partial charge is 0.399 e. The summed E-state index contributed by atoms with van der Waals surface area (Å²) >= 11 is 0. The molecule has 0 heterocycles. The molecule has 0 aromatic heterocycles. The van der Waals surface area contributed by atoms with Gasteiger partial charge in [-0.2, -0.15) is 19.3 Å². The predicted octanol–water partition coefficient (Wildman–Crippen LogP) is 0.0593. The molecular formula is C12H30NO4Ti-. The van der Waals surface area contributed by atoms with Crippen molar-refractivity contribution in [1.82, 2.24) is 0 Å². The Bertz CT molecular complexity index is 102. The van der Waals surface area contributed by atoms with E-state index in [0.717, 1.165) is 12.8 Å². The molecule has 0 radical (unpaired) electrons. The molecule has 0 aliphatic carbocycles. The summed E-state index contributed by atoms with van der Waals surface area (Å²) in [5, 5.41) is 32.4. The summed E-state index contributed by atoms with van der Waals surface area (Å²) < 4.78 is 0. The zero-order valence-electron chi connectivity index (χ0n) is 11.7. The third-order valence-corrected chi connectivity index (χ3v) is 1.67. The second kappa shape index (κ2) is 30.5. The van der Waals surface area contributed by atoms with Crippen LogP contribution in [0.3, 0.4) is 0 Å². The first-order valence-electron chi connectivity index (χ1n) is 6.15. The SMILES string of the molecule is CCO.CCO.NCCC[C-](CCO)CCO.[Ti]. The molecule has 5 nitrogen and oxygen atoms in total. The van der Waals surface area contributed by atoms with Gasteiger partial charge in [0.15, 0.2) is 0 Å². The maximum atomic E-state index is 8.63. The summed E-state index contributed by atoms with van der Waals surface area (Å²) in [5.41, 5.74) is 5.33. The van der Waals surface area contributed by atoms with Crippen molar-refractivity contribution in [1.29, 1.82) is 0 Å². The molecule has 0 saturated carbocycles. The molecule has 0 rings (SSSR count). The van der Waals surface area contributed by atoms with E-state index in [2.05, 4.69) is 0 Å². The fourth-order valence-corrected chi connectivity index (χ4v) is 1.04. The molecule has 6 heteroatoms. The van der Waals surface area contributed by atoms with E-state index in [1.54, 1.807) is 13.8 Å². The van der Waals surface area contributed by atoms with Crippen LogP contribution in [0.15, 0.2) is 0 Å². The maximum Gasteiger partial charge on any atom is 0.0402 e. The fourth-order valence-electron chi connectivity index (χ4n) is 1.04. The molecule has 0 fully saturated rings. The summed E-state index contributed by atoms with van der Waals surface area (Å²) in [5.74, 6) is 1.22. The van der Waals surface area contributed by atoms with Crippen LogP contribution in [0.2, 0.25) is 0 Å². The van der Waals surface area contributed by atoms with Crippen molar-refractivity contribution in [2.45, 2.75) is 39.5 Å². The molecule has 6 N–H and O–H groups in total. The molecule has 0 amide bonds. The Labute approximate surface area is 126 Å². The Hall–Kier alpha value is 0.514. The van der Waals surface area contributed by atoms with E-state index in [1.165, 1.54) is 5.92 Å². The molecule has 0 aliphatic rings. The minimum Gasteiger partial charge on any atom is -0.399 e. The van der Waals surface area contributed by atoms with E-state index in [9.17, 15) is 0 Å². The Morgan fingerprint density at radius 1 is 0.833 bits per heavy atom. The van der Waals surface area contributed by atoms with Crippen molar-refractivity contribution in [2.24, 2.45) is 5.73 Å². The quantitative estimate of drug-likeness (QED) is 0.338. The van der Waals surface area contributed by atoms with Gasteiger partial charge in [0, 0.05) is 48.1 Å². The smallest absolute Gasteiger partial charge is 0.0402 e. The zero-order valence-corrected chi connectivity index (χ0v) is 13.3. The Balaban J connectivity index is -0.000000119. The predicted molar refractivity (Wildman–Crippen MR) is 70.5 cm³/mol. The average molecular weight is 300 g/mol. The summed E-state index contributed by atoms with van der Waals surface area (Å²) in [6, 6.07) is 0. The van der Waals surface area contributed by atoms with Crippen molar-refractivity contribution >= 4 is 0 Å². The van der Waals surface area contributed by atoms with E-state index in [0.29, 0.717) is 19.4 Å². The summed E-state index contributed by atoms with van der Waals surface area (Å²) in [6.07, 6.45) is 3.31. The van der Waals surface area contributed by atoms with Gasteiger partial charge in [0.2, 0.25) is 0 Å². The van der Waals surface area contributed by atoms with Crippen LogP contribution in [0.25, 0.3) is 0 Å². The van der Waals surface area contributed by atoms with E-state index in [1.807, 2.05) is 0 Å². The van der Waals surface area contributed by atoms with Gasteiger partial charge in [-0.15, -0.1) is 0 Å². The number of aliphatic hydroxyl groups excluding tert-OH is 4. The Morgan fingerprint density at radius 3 is 1.39 bits per heavy atom. The average Bonchev–Trinajstić information content (AvgIpc) is 2.29. The van der Waals surface area contributed by atoms with Crippen LogP contribution in [0, 0.1) is 5.92 Å². The standard InChI is InChI=1S/C8H18NO2.2C2H6O.Ti/c9-5-1-2-8(3-6-10)4-7-11;2*1-2-3;/h10-11H,1-7,9H2;2*3H,2H2,1H3;/q-1;;;. The van der Waals surface area contributed by atoms with Gasteiger partial charge in [0.05, 0.1) is 0 Å². The molecule has 0 spiro atoms. The number of hydrogen-bond acceptors (Lipinski definition) is 5. The van der Waals surface area contributed by atoms with Crippen LogP contribution in [-0.2, 0) is 21.7 Å². The molecule has 0 unspecified atom stereocenters. The number of nitrogens with two attached hydrogens (primary N) is 1. The first-order valence-corrected chi connectivity index (χ1v) is 6.15. The van der Waals surface area contributed by atoms with Gasteiger partial charge in [0.25, 0.3) is 0 Å². The third-order valence-electron chi connectivity index (χ3n) is 1.67. The monoisotopic (exact) mass is 300 g/mol. The van der Waals surface area contributed by atoms with Crippen LogP contribution < -0.4 is 5.73 Å². The van der Waals surface area contributed by atoms with Crippen molar-refractivity contribution < 1.29 is 42.1 Å². The van der Waals surface area contributed by atoms with E-state index < -0.39 is 0 Å². The van der Waals surface area contributed by atoms with Gasteiger partial charge in [-0.3, -0.25) is 0 Å². The normalized spacial score (nSPS) is 8.67. The Morgan fingerprint density at radius 2 is 1.17 bits per heavy atom. The minimum absolute atomic E-state index is 0. The molecule has 0 aromatic rings. The van der Waals surface area contributed by atoms with Gasteiger partial charge in [0.1, 0.15) is 0 Å². The second-order valence-corrected chi connectivity index (χ2v) is 3.22. The molecular weight excluding hydrogens is 270 g/mol. The molecule has 0 atom stereocenters. The van der Waals surface area contributed by atoms with Crippen LogP contribution in [-0.4, -0.2) is 53.4 Å². The molecule has 0 aliphatic heterocycles. The van der Waals surface area contributed by atoms with Crippen molar-refractivity contribution in [3.63, 3.8) is 0 Å². The van der Waals surface area contributed by atoms with E-state index >= 15 is 0 Å². The van der Waals surface area contributed by atoms with Gasteiger partial charge in [-0.25, -0.2) is 0 Å². The van der Waals surface area contributed by atoms with Gasteiger partial charge < -0.3 is 32.1 Å². The number of hydrogen-bond donors (Lipinski definition) is 5. The van der Waals surface area contributed by atoms with Crippen LogP contribution >= 0.6 is 0 Å². The maximum absolute atomic E-state index is 8.63. The fraction of sp³-hybridized carbons (Fsp3) is 0.917. The number of aliphatic hydroxyl groups is 4. The van der Waals surface area contributed by atoms with Crippen molar-refractivity contribution in [3.8, 4) is 0 Å². The summed E-state index contributed by atoms with van der Waals surface area (Å²) in [6.45, 7) is 4.90. The van der Waals surface area contributed by atoms with E-state index in [-0.39, 0.29) is 48.1 Å². The van der Waals surface area contributed by atoms with Gasteiger partial charge in [-0.1, -0.05) is 6.42 Å². The van der Waals surface area contributed by atoms with Crippen LogP contribution in [0.1, 0.15) is 39.5 Å². The molecule has 112 valence electrons. The second-order valence-electron chi connectivity index (χ2n) is 3.22. The van der Waals surface area contributed by atoms with Gasteiger partial charge in [-0.05, 0) is 20.4 Å². The molecule has 0 saturated heterocycles. The van der Waals surface area contributed by atoms with Crippen LogP contribution in [0.5, 0.6) is 0 Å². The molecule has 0 bridgehead atoms. The van der Waals surface area contributed by atoms with Crippen molar-refractivity contribution in [3.05, 3.63) is 5.92 Å². The van der Waals surface area contributed by atoms with Gasteiger partial charge >= 0.3 is 0 Å². The zero-order chi connectivity index (χ0) is 13.9. The Kier molecular flexibility index (Phi) is 45.7.